The summed E-state index contributed by atoms with van der Waals surface area (Å²) in [5.74, 6) is 0. The van der Waals surface area contributed by atoms with Crippen LogP contribution in [0.2, 0.25) is 5.02 Å². The third-order valence-corrected chi connectivity index (χ3v) is 4.93. The van der Waals surface area contributed by atoms with Crippen LogP contribution in [0.1, 0.15) is 0 Å². The summed E-state index contributed by atoms with van der Waals surface area (Å²) in [7, 11) is 0. The Labute approximate surface area is 136 Å². The van der Waals surface area contributed by atoms with Gasteiger partial charge in [-0.05, 0) is 29.8 Å². The zero-order valence-electron chi connectivity index (χ0n) is 11.4. The smallest absolute Gasteiger partial charge is 0.258 e. The van der Waals surface area contributed by atoms with Crippen molar-refractivity contribution in [1.29, 1.82) is 0 Å². The number of aromatic nitrogens is 1. The number of nitrogens with one attached hydrogen (secondary N) is 2. The second-order valence-electron chi connectivity index (χ2n) is 4.96. The van der Waals surface area contributed by atoms with Crippen molar-refractivity contribution >= 4 is 34.7 Å². The Bertz CT molecular complexity index is 919. The van der Waals surface area contributed by atoms with E-state index in [0.29, 0.717) is 10.6 Å². The van der Waals surface area contributed by atoms with E-state index in [0.717, 1.165) is 26.7 Å². The van der Waals surface area contributed by atoms with Crippen LogP contribution in [0.25, 0.3) is 11.1 Å². The lowest BCUT2D eigenvalue weighted by atomic mass is 10.1. The first-order valence-corrected chi connectivity index (χ1v) is 7.97. The Morgan fingerprint density at radius 2 is 1.73 bits per heavy atom. The zero-order valence-corrected chi connectivity index (χ0v) is 13.0. The summed E-state index contributed by atoms with van der Waals surface area (Å²) >= 11 is 7.59. The predicted octanol–water partition coefficient (Wildman–Crippen LogP) is 4.90. The minimum atomic E-state index is -0.117. The predicted molar refractivity (Wildman–Crippen MR) is 91.4 cm³/mol. The second kappa shape index (κ2) is 5.23. The molecule has 3 aromatic rings. The molecule has 0 amide bonds. The van der Waals surface area contributed by atoms with Crippen LogP contribution in [0.15, 0.2) is 69.3 Å². The van der Waals surface area contributed by atoms with E-state index in [-0.39, 0.29) is 5.56 Å². The van der Waals surface area contributed by atoms with E-state index >= 15 is 0 Å². The molecule has 0 saturated carbocycles. The van der Waals surface area contributed by atoms with Gasteiger partial charge in [-0.25, -0.2) is 0 Å². The molecule has 22 heavy (non-hydrogen) atoms. The lowest BCUT2D eigenvalue weighted by Gasteiger charge is -2.22. The van der Waals surface area contributed by atoms with Crippen LogP contribution in [0.5, 0.6) is 0 Å². The maximum absolute atomic E-state index is 12.4. The molecule has 1 aromatic heterocycles. The van der Waals surface area contributed by atoms with Crippen molar-refractivity contribution in [2.75, 3.05) is 5.32 Å². The number of pyridine rings is 1. The molecule has 3 nitrogen and oxygen atoms in total. The van der Waals surface area contributed by atoms with E-state index in [2.05, 4.69) is 16.4 Å². The molecular formula is C17H11ClN2OS. The molecule has 0 unspecified atom stereocenters. The molecule has 0 spiro atoms. The first kappa shape index (κ1) is 13.5. The number of aromatic amines is 1. The molecule has 1 aliphatic heterocycles. The van der Waals surface area contributed by atoms with Gasteiger partial charge in [-0.15, -0.1) is 0 Å². The maximum atomic E-state index is 12.4. The lowest BCUT2D eigenvalue weighted by Crippen LogP contribution is -2.14. The second-order valence-corrected chi connectivity index (χ2v) is 6.48. The van der Waals surface area contributed by atoms with Crippen molar-refractivity contribution in [3.8, 4) is 11.1 Å². The number of anilines is 2. The molecule has 0 atom stereocenters. The molecule has 0 radical (unpaired) electrons. The number of benzene rings is 2. The van der Waals surface area contributed by atoms with Gasteiger partial charge in [0.15, 0.2) is 0 Å². The van der Waals surface area contributed by atoms with Crippen LogP contribution < -0.4 is 10.9 Å². The Kier molecular flexibility index (Phi) is 3.21. The standard InChI is InChI=1S/C17H11ClN2OS/c18-11-7-5-10(6-8-11)15-16-14(9-19-17(15)21)22-13-4-2-1-3-12(13)20-16/h1-9,20H,(H,19,21). The monoisotopic (exact) mass is 326 g/mol. The summed E-state index contributed by atoms with van der Waals surface area (Å²) in [5.41, 5.74) is 3.22. The molecule has 1 aliphatic rings. The van der Waals surface area contributed by atoms with Crippen LogP contribution in [-0.2, 0) is 0 Å². The highest BCUT2D eigenvalue weighted by atomic mass is 35.5. The third-order valence-electron chi connectivity index (χ3n) is 3.56. The molecule has 5 heteroatoms. The minimum Gasteiger partial charge on any atom is -0.353 e. The van der Waals surface area contributed by atoms with Gasteiger partial charge in [0.05, 0.1) is 21.8 Å². The van der Waals surface area contributed by atoms with E-state index in [1.165, 1.54) is 0 Å². The highest BCUT2D eigenvalue weighted by Gasteiger charge is 2.21. The van der Waals surface area contributed by atoms with E-state index in [1.807, 2.05) is 30.3 Å². The van der Waals surface area contributed by atoms with Crippen LogP contribution in [0.4, 0.5) is 11.4 Å². The SMILES string of the molecule is O=c1[nH]cc2c(c1-c1ccc(Cl)cc1)Nc1ccccc1S2. The van der Waals surface area contributed by atoms with Gasteiger partial charge in [-0.1, -0.05) is 47.6 Å². The molecule has 2 heterocycles. The number of hydrogen-bond donors (Lipinski definition) is 2. The average Bonchev–Trinajstić information content (AvgIpc) is 2.54. The van der Waals surface area contributed by atoms with Crippen molar-refractivity contribution in [1.82, 2.24) is 4.98 Å². The number of fused-ring (bicyclic) bond motifs is 2. The van der Waals surface area contributed by atoms with Gasteiger partial charge in [0.25, 0.3) is 5.56 Å². The summed E-state index contributed by atoms with van der Waals surface area (Å²) < 4.78 is 0. The first-order chi connectivity index (χ1) is 10.7. The van der Waals surface area contributed by atoms with E-state index < -0.39 is 0 Å². The number of halogens is 1. The Balaban J connectivity index is 1.91. The number of hydrogen-bond acceptors (Lipinski definition) is 3. The summed E-state index contributed by atoms with van der Waals surface area (Å²) in [4.78, 5) is 17.3. The van der Waals surface area contributed by atoms with E-state index in [4.69, 9.17) is 11.6 Å². The van der Waals surface area contributed by atoms with Crippen LogP contribution in [-0.4, -0.2) is 4.98 Å². The minimum absolute atomic E-state index is 0.117. The molecular weight excluding hydrogens is 316 g/mol. The fraction of sp³-hybridized carbons (Fsp3) is 0. The first-order valence-electron chi connectivity index (χ1n) is 6.78. The summed E-state index contributed by atoms with van der Waals surface area (Å²) in [5, 5.41) is 4.04. The molecule has 0 aliphatic carbocycles. The van der Waals surface area contributed by atoms with Crippen LogP contribution in [0.3, 0.4) is 0 Å². The van der Waals surface area contributed by atoms with Crippen molar-refractivity contribution < 1.29 is 0 Å². The normalized spacial score (nSPS) is 12.2. The van der Waals surface area contributed by atoms with Gasteiger partial charge in [0.1, 0.15) is 0 Å². The summed E-state index contributed by atoms with van der Waals surface area (Å²) in [6, 6.07) is 15.4. The highest BCUT2D eigenvalue weighted by Crippen LogP contribution is 2.46. The molecule has 2 aromatic carbocycles. The van der Waals surface area contributed by atoms with Gasteiger partial charge < -0.3 is 10.3 Å². The summed E-state index contributed by atoms with van der Waals surface area (Å²) in [6.45, 7) is 0. The van der Waals surface area contributed by atoms with Crippen molar-refractivity contribution in [3.05, 3.63) is 70.1 Å². The van der Waals surface area contributed by atoms with Crippen LogP contribution in [0, 0.1) is 0 Å². The average molecular weight is 327 g/mol. The zero-order chi connectivity index (χ0) is 15.1. The number of H-pyrrole nitrogens is 1. The lowest BCUT2D eigenvalue weighted by molar-refractivity contribution is 1.16. The largest absolute Gasteiger partial charge is 0.353 e. The topological polar surface area (TPSA) is 44.9 Å². The van der Waals surface area contributed by atoms with Crippen molar-refractivity contribution in [2.24, 2.45) is 0 Å². The Hall–Kier alpha value is -2.17. The molecule has 0 saturated heterocycles. The summed E-state index contributed by atoms with van der Waals surface area (Å²) in [6.07, 6.45) is 1.75. The van der Waals surface area contributed by atoms with Gasteiger partial charge >= 0.3 is 0 Å². The third kappa shape index (κ3) is 2.21. The van der Waals surface area contributed by atoms with Gasteiger partial charge in [-0.3, -0.25) is 4.79 Å². The maximum Gasteiger partial charge on any atom is 0.258 e. The van der Waals surface area contributed by atoms with E-state index in [9.17, 15) is 4.79 Å². The van der Waals surface area contributed by atoms with E-state index in [1.54, 1.807) is 30.1 Å². The number of rotatable bonds is 1. The van der Waals surface area contributed by atoms with Gasteiger partial charge in [-0.2, -0.15) is 0 Å². The molecule has 0 fully saturated rings. The Morgan fingerprint density at radius 3 is 2.55 bits per heavy atom. The quantitative estimate of drug-likeness (QED) is 0.522. The molecule has 108 valence electrons. The fourth-order valence-corrected chi connectivity index (χ4v) is 3.63. The van der Waals surface area contributed by atoms with Crippen molar-refractivity contribution in [3.63, 3.8) is 0 Å². The van der Waals surface area contributed by atoms with Crippen molar-refractivity contribution in [2.45, 2.75) is 9.79 Å². The molecule has 2 N–H and O–H groups in total. The van der Waals surface area contributed by atoms with Gasteiger partial charge in [0, 0.05) is 16.1 Å². The fourth-order valence-electron chi connectivity index (χ4n) is 2.52. The van der Waals surface area contributed by atoms with Gasteiger partial charge in [0.2, 0.25) is 0 Å². The highest BCUT2D eigenvalue weighted by molar-refractivity contribution is 7.99. The Morgan fingerprint density at radius 1 is 0.955 bits per heavy atom. The van der Waals surface area contributed by atoms with Crippen LogP contribution >= 0.6 is 23.4 Å². The molecule has 4 rings (SSSR count). The molecule has 0 bridgehead atoms. The number of para-hydroxylation sites is 1.